The van der Waals surface area contributed by atoms with Gasteiger partial charge in [0.05, 0.1) is 11.1 Å². The molecule has 1 heterocycles. The fourth-order valence-corrected chi connectivity index (χ4v) is 3.90. The molecule has 1 atom stereocenters. The summed E-state index contributed by atoms with van der Waals surface area (Å²) in [5, 5.41) is 3.59. The molecule has 1 saturated carbocycles. The quantitative estimate of drug-likeness (QED) is 0.867. The first-order valence-corrected chi connectivity index (χ1v) is 8.67. The fraction of sp³-hybridized carbons (Fsp3) is 0.647. The second-order valence-electron chi connectivity index (χ2n) is 6.34. The number of ether oxygens (including phenoxy) is 1. The van der Waals surface area contributed by atoms with Crippen LogP contribution in [0.2, 0.25) is 0 Å². The smallest absolute Gasteiger partial charge is 0.136 e. The Morgan fingerprint density at radius 2 is 2.10 bits per heavy atom. The van der Waals surface area contributed by atoms with Gasteiger partial charge in [0.25, 0.3) is 0 Å². The van der Waals surface area contributed by atoms with Gasteiger partial charge in [-0.15, -0.1) is 0 Å². The minimum atomic E-state index is 0.620. The van der Waals surface area contributed by atoms with E-state index in [-0.39, 0.29) is 0 Å². The summed E-state index contributed by atoms with van der Waals surface area (Å²) < 4.78 is 7.28. The highest BCUT2D eigenvalue weighted by Gasteiger charge is 2.21. The lowest BCUT2D eigenvalue weighted by Gasteiger charge is -2.26. The Morgan fingerprint density at radius 1 is 1.25 bits per heavy atom. The summed E-state index contributed by atoms with van der Waals surface area (Å²) in [5.41, 5.74) is 2.66. The summed E-state index contributed by atoms with van der Waals surface area (Å²) in [5.74, 6) is 1.86. The van der Waals surface area contributed by atoms with Crippen molar-refractivity contribution < 1.29 is 4.74 Å². The maximum absolute atomic E-state index is 6.16. The number of halogens is 1. The number of benzene rings is 1. The van der Waals surface area contributed by atoms with E-state index in [1.54, 1.807) is 0 Å². The van der Waals surface area contributed by atoms with Crippen LogP contribution in [0, 0.1) is 12.8 Å². The van der Waals surface area contributed by atoms with Crippen LogP contribution in [0.5, 0.6) is 5.75 Å². The van der Waals surface area contributed by atoms with Crippen LogP contribution in [0.3, 0.4) is 0 Å². The average Bonchev–Trinajstić information content (AvgIpc) is 2.83. The minimum absolute atomic E-state index is 0.620. The molecule has 2 aliphatic rings. The summed E-state index contributed by atoms with van der Waals surface area (Å²) >= 11 is 3.69. The zero-order valence-electron chi connectivity index (χ0n) is 12.3. The van der Waals surface area contributed by atoms with Gasteiger partial charge >= 0.3 is 0 Å². The first-order chi connectivity index (χ1) is 9.72. The summed E-state index contributed by atoms with van der Waals surface area (Å²) in [7, 11) is 0. The summed E-state index contributed by atoms with van der Waals surface area (Å²) in [6.45, 7) is 4.20. The summed E-state index contributed by atoms with van der Waals surface area (Å²) in [6, 6.07) is 5.08. The number of aryl methyl sites for hydroxylation is 1. The van der Waals surface area contributed by atoms with Crippen LogP contribution >= 0.6 is 15.9 Å². The third kappa shape index (κ3) is 3.37. The first kappa shape index (κ1) is 14.4. The van der Waals surface area contributed by atoms with E-state index in [1.807, 2.05) is 0 Å². The molecule has 2 fully saturated rings. The highest BCUT2D eigenvalue weighted by Crippen LogP contribution is 2.34. The predicted octanol–water partition coefficient (Wildman–Crippen LogP) is 4.23. The van der Waals surface area contributed by atoms with Crippen molar-refractivity contribution in [2.75, 3.05) is 13.2 Å². The molecule has 2 nitrogen and oxygen atoms in total. The highest BCUT2D eigenvalue weighted by atomic mass is 79.9. The lowest BCUT2D eigenvalue weighted by Crippen LogP contribution is -2.24. The van der Waals surface area contributed by atoms with Gasteiger partial charge in [-0.3, -0.25) is 0 Å². The second kappa shape index (κ2) is 6.48. The van der Waals surface area contributed by atoms with Crippen molar-refractivity contribution in [3.8, 4) is 5.75 Å². The van der Waals surface area contributed by atoms with E-state index in [0.717, 1.165) is 35.7 Å². The molecule has 3 rings (SSSR count). The van der Waals surface area contributed by atoms with E-state index in [4.69, 9.17) is 4.74 Å². The normalized spacial score (nSPS) is 22.8. The van der Waals surface area contributed by atoms with Crippen LogP contribution in [0.15, 0.2) is 16.6 Å². The molecule has 1 N–H and O–H groups in total. The van der Waals surface area contributed by atoms with Gasteiger partial charge in [-0.2, -0.15) is 0 Å². The molecule has 1 unspecified atom stereocenters. The molecule has 1 aromatic rings. The topological polar surface area (TPSA) is 21.3 Å². The zero-order chi connectivity index (χ0) is 13.9. The molecule has 0 bridgehead atoms. The van der Waals surface area contributed by atoms with Gasteiger partial charge in [0.15, 0.2) is 0 Å². The van der Waals surface area contributed by atoms with E-state index in [1.165, 1.54) is 43.2 Å². The molecule has 0 radical (unpaired) electrons. The van der Waals surface area contributed by atoms with Crippen molar-refractivity contribution in [1.29, 1.82) is 0 Å². The monoisotopic (exact) mass is 337 g/mol. The summed E-state index contributed by atoms with van der Waals surface area (Å²) in [4.78, 5) is 0. The Morgan fingerprint density at radius 3 is 2.75 bits per heavy atom. The van der Waals surface area contributed by atoms with E-state index in [0.29, 0.717) is 6.04 Å². The average molecular weight is 338 g/mol. The maximum atomic E-state index is 6.16. The van der Waals surface area contributed by atoms with Crippen molar-refractivity contribution in [2.45, 2.75) is 51.5 Å². The molecule has 20 heavy (non-hydrogen) atoms. The lowest BCUT2D eigenvalue weighted by molar-refractivity contribution is 0.178. The van der Waals surface area contributed by atoms with Crippen molar-refractivity contribution >= 4 is 15.9 Å². The Kier molecular flexibility index (Phi) is 4.67. The Balaban J connectivity index is 1.73. The molecular formula is C17H24BrNO. The fourth-order valence-electron chi connectivity index (χ4n) is 3.17. The van der Waals surface area contributed by atoms with Gasteiger partial charge in [-0.05, 0) is 84.6 Å². The SMILES string of the molecule is Cc1cc(Br)c(OCC2CCC2)c(CC2CCCN2)c1. The van der Waals surface area contributed by atoms with Gasteiger partial charge in [0.2, 0.25) is 0 Å². The number of nitrogens with one attached hydrogen (secondary N) is 1. The standard InChI is InChI=1S/C17H24BrNO/c1-12-8-14(10-15-6-3-7-19-15)17(16(18)9-12)20-11-13-4-2-5-13/h8-9,13,15,19H,2-7,10-11H2,1H3. The molecule has 1 aliphatic carbocycles. The highest BCUT2D eigenvalue weighted by molar-refractivity contribution is 9.10. The molecule has 3 heteroatoms. The molecule has 1 aliphatic heterocycles. The zero-order valence-corrected chi connectivity index (χ0v) is 13.8. The van der Waals surface area contributed by atoms with E-state index >= 15 is 0 Å². The van der Waals surface area contributed by atoms with Crippen LogP contribution < -0.4 is 10.1 Å². The van der Waals surface area contributed by atoms with Crippen molar-refractivity contribution in [3.05, 3.63) is 27.7 Å². The second-order valence-corrected chi connectivity index (χ2v) is 7.19. The van der Waals surface area contributed by atoms with Crippen molar-refractivity contribution in [3.63, 3.8) is 0 Å². The molecule has 1 aromatic carbocycles. The van der Waals surface area contributed by atoms with Crippen LogP contribution in [0.4, 0.5) is 0 Å². The van der Waals surface area contributed by atoms with Gasteiger partial charge in [0.1, 0.15) is 5.75 Å². The van der Waals surface area contributed by atoms with E-state index < -0.39 is 0 Å². The van der Waals surface area contributed by atoms with Gasteiger partial charge < -0.3 is 10.1 Å². The van der Waals surface area contributed by atoms with Crippen LogP contribution in [-0.4, -0.2) is 19.2 Å². The molecule has 0 spiro atoms. The third-order valence-electron chi connectivity index (χ3n) is 4.58. The molecule has 0 aromatic heterocycles. The number of rotatable bonds is 5. The van der Waals surface area contributed by atoms with Crippen LogP contribution in [-0.2, 0) is 6.42 Å². The number of hydrogen-bond donors (Lipinski definition) is 1. The summed E-state index contributed by atoms with van der Waals surface area (Å²) in [6.07, 6.45) is 7.72. The lowest BCUT2D eigenvalue weighted by atomic mass is 9.86. The van der Waals surface area contributed by atoms with E-state index in [9.17, 15) is 0 Å². The Labute approximate surface area is 130 Å². The maximum Gasteiger partial charge on any atom is 0.136 e. The molecular weight excluding hydrogens is 314 g/mol. The van der Waals surface area contributed by atoms with Crippen LogP contribution in [0.25, 0.3) is 0 Å². The van der Waals surface area contributed by atoms with Crippen LogP contribution in [0.1, 0.15) is 43.2 Å². The first-order valence-electron chi connectivity index (χ1n) is 7.87. The third-order valence-corrected chi connectivity index (χ3v) is 5.17. The van der Waals surface area contributed by atoms with Gasteiger partial charge in [-0.1, -0.05) is 12.5 Å². The Hall–Kier alpha value is -0.540. The number of hydrogen-bond acceptors (Lipinski definition) is 2. The molecule has 0 amide bonds. The van der Waals surface area contributed by atoms with Gasteiger partial charge in [0, 0.05) is 6.04 Å². The minimum Gasteiger partial charge on any atom is -0.492 e. The van der Waals surface area contributed by atoms with Gasteiger partial charge in [-0.25, -0.2) is 0 Å². The van der Waals surface area contributed by atoms with Crippen molar-refractivity contribution in [1.82, 2.24) is 5.32 Å². The Bertz CT molecular complexity index is 464. The largest absolute Gasteiger partial charge is 0.492 e. The molecule has 1 saturated heterocycles. The predicted molar refractivity (Wildman–Crippen MR) is 86.4 cm³/mol. The molecule has 110 valence electrons. The van der Waals surface area contributed by atoms with Crippen molar-refractivity contribution in [2.24, 2.45) is 5.92 Å². The van der Waals surface area contributed by atoms with E-state index in [2.05, 4.69) is 40.3 Å².